The van der Waals surface area contributed by atoms with E-state index in [0.29, 0.717) is 18.7 Å². The highest BCUT2D eigenvalue weighted by atomic mass is 16.5. The zero-order valence-electron chi connectivity index (χ0n) is 22.0. The summed E-state index contributed by atoms with van der Waals surface area (Å²) >= 11 is 0. The monoisotopic (exact) mass is 499 g/mol. The first kappa shape index (κ1) is 26.3. The van der Waals surface area contributed by atoms with E-state index in [0.717, 1.165) is 48.4 Å². The number of rotatable bonds is 8. The normalized spacial score (nSPS) is 15.4. The van der Waals surface area contributed by atoms with Crippen LogP contribution in [0.4, 0.5) is 10.5 Å². The van der Waals surface area contributed by atoms with Gasteiger partial charge in [0, 0.05) is 36.8 Å². The quantitative estimate of drug-likeness (QED) is 0.378. The number of aryl methyl sites for hydroxylation is 1. The number of likely N-dealkylation sites (tertiary alicyclic amines) is 1. The van der Waals surface area contributed by atoms with Crippen LogP contribution < -0.4 is 15.4 Å². The first-order valence-electron chi connectivity index (χ1n) is 13.2. The van der Waals surface area contributed by atoms with Crippen molar-refractivity contribution in [3.05, 3.63) is 95.1 Å². The molecule has 3 amide bonds. The maximum Gasteiger partial charge on any atom is 0.321 e. The molecule has 1 saturated heterocycles. The number of carbonyl (C=O) groups excluding carboxylic acids is 2. The average Bonchev–Trinajstić information content (AvgIpc) is 2.92. The number of carbonyl (C=O) groups is 2. The number of amides is 3. The Labute approximate surface area is 220 Å². The molecular weight excluding hydrogens is 462 g/mol. The molecule has 194 valence electrons. The highest BCUT2D eigenvalue weighted by Crippen LogP contribution is 2.28. The smallest absolute Gasteiger partial charge is 0.321 e. The largest absolute Gasteiger partial charge is 0.491 e. The van der Waals surface area contributed by atoms with Crippen molar-refractivity contribution in [2.24, 2.45) is 0 Å². The summed E-state index contributed by atoms with van der Waals surface area (Å²) in [5.74, 6) is 0.913. The van der Waals surface area contributed by atoms with Gasteiger partial charge in [0.15, 0.2) is 0 Å². The highest BCUT2D eigenvalue weighted by molar-refractivity contribution is 5.94. The van der Waals surface area contributed by atoms with Gasteiger partial charge in [-0.05, 0) is 86.2 Å². The number of hydrogen-bond acceptors (Lipinski definition) is 3. The number of hydrogen-bond donors (Lipinski definition) is 2. The van der Waals surface area contributed by atoms with Crippen molar-refractivity contribution < 1.29 is 14.3 Å². The lowest BCUT2D eigenvalue weighted by molar-refractivity contribution is 0.0950. The predicted octanol–water partition coefficient (Wildman–Crippen LogP) is 6.38. The lowest BCUT2D eigenvalue weighted by Gasteiger charge is -2.33. The molecule has 4 rings (SSSR count). The summed E-state index contributed by atoms with van der Waals surface area (Å²) in [6, 6.07) is 23.5. The van der Waals surface area contributed by atoms with Crippen molar-refractivity contribution in [1.82, 2.24) is 10.2 Å². The minimum atomic E-state index is -0.106. The molecule has 6 nitrogen and oxygen atoms in total. The molecule has 0 aromatic heterocycles. The molecule has 0 aliphatic carbocycles. The summed E-state index contributed by atoms with van der Waals surface area (Å²) in [7, 11) is 0. The maximum absolute atomic E-state index is 12.9. The first-order valence-corrected chi connectivity index (χ1v) is 13.2. The molecule has 2 N–H and O–H groups in total. The standard InChI is InChI=1S/C31H37N3O3/c1-4-23-10-14-28(15-11-23)33-31(36)34-18-6-9-27(21-34)25-7-5-8-26(19-25)30(35)32-20-24-12-16-29(17-13-24)37-22(2)3/h5,7-8,10-17,19,22,27H,4,6,9,18,20-21H2,1-3H3,(H,32,35)(H,33,36)/t27-/m0/s1. The summed E-state index contributed by atoms with van der Waals surface area (Å²) in [4.78, 5) is 27.7. The fourth-order valence-corrected chi connectivity index (χ4v) is 4.64. The van der Waals surface area contributed by atoms with Gasteiger partial charge < -0.3 is 20.3 Å². The first-order chi connectivity index (χ1) is 17.9. The van der Waals surface area contributed by atoms with E-state index in [-0.39, 0.29) is 24.0 Å². The van der Waals surface area contributed by atoms with Crippen LogP contribution in [0.25, 0.3) is 0 Å². The molecular formula is C31H37N3O3. The van der Waals surface area contributed by atoms with Gasteiger partial charge in [0.05, 0.1) is 6.10 Å². The second-order valence-corrected chi connectivity index (χ2v) is 9.88. The molecule has 1 heterocycles. The van der Waals surface area contributed by atoms with E-state index >= 15 is 0 Å². The van der Waals surface area contributed by atoms with Crippen molar-refractivity contribution in [3.63, 3.8) is 0 Å². The number of piperidine rings is 1. The summed E-state index contributed by atoms with van der Waals surface area (Å²) in [6.45, 7) is 7.91. The zero-order chi connectivity index (χ0) is 26.2. The summed E-state index contributed by atoms with van der Waals surface area (Å²) in [5, 5.41) is 6.04. The van der Waals surface area contributed by atoms with Crippen molar-refractivity contribution in [1.29, 1.82) is 0 Å². The summed E-state index contributed by atoms with van der Waals surface area (Å²) < 4.78 is 5.68. The molecule has 3 aromatic carbocycles. The van der Waals surface area contributed by atoms with E-state index in [9.17, 15) is 9.59 Å². The Hall–Kier alpha value is -3.80. The molecule has 1 fully saturated rings. The molecule has 0 unspecified atom stereocenters. The maximum atomic E-state index is 12.9. The van der Waals surface area contributed by atoms with Gasteiger partial charge in [0.2, 0.25) is 0 Å². The number of ether oxygens (including phenoxy) is 1. The van der Waals surface area contributed by atoms with Crippen LogP contribution in [-0.2, 0) is 13.0 Å². The van der Waals surface area contributed by atoms with Crippen LogP contribution in [0.3, 0.4) is 0 Å². The third-order valence-corrected chi connectivity index (χ3v) is 6.69. The zero-order valence-corrected chi connectivity index (χ0v) is 22.0. The van der Waals surface area contributed by atoms with Gasteiger partial charge in [-0.25, -0.2) is 4.79 Å². The Bertz CT molecular complexity index is 1190. The van der Waals surface area contributed by atoms with Crippen LogP contribution in [0, 0.1) is 0 Å². The van der Waals surface area contributed by atoms with Crippen molar-refractivity contribution in [2.75, 3.05) is 18.4 Å². The minimum Gasteiger partial charge on any atom is -0.491 e. The highest BCUT2D eigenvalue weighted by Gasteiger charge is 2.25. The number of urea groups is 1. The van der Waals surface area contributed by atoms with Crippen LogP contribution in [0.5, 0.6) is 5.75 Å². The van der Waals surface area contributed by atoms with Gasteiger partial charge in [-0.1, -0.05) is 43.3 Å². The number of benzene rings is 3. The fraction of sp³-hybridized carbons (Fsp3) is 0.355. The van der Waals surface area contributed by atoms with Crippen LogP contribution >= 0.6 is 0 Å². The van der Waals surface area contributed by atoms with Gasteiger partial charge in [-0.2, -0.15) is 0 Å². The number of nitrogens with one attached hydrogen (secondary N) is 2. The van der Waals surface area contributed by atoms with E-state index in [1.807, 2.05) is 85.5 Å². The Balaban J connectivity index is 1.33. The summed E-state index contributed by atoms with van der Waals surface area (Å²) in [6.07, 6.45) is 3.02. The van der Waals surface area contributed by atoms with E-state index in [4.69, 9.17) is 4.74 Å². The van der Waals surface area contributed by atoms with E-state index in [1.54, 1.807) is 0 Å². The second-order valence-electron chi connectivity index (χ2n) is 9.88. The molecule has 1 aliphatic heterocycles. The van der Waals surface area contributed by atoms with E-state index in [2.05, 4.69) is 23.6 Å². The average molecular weight is 500 g/mol. The van der Waals surface area contributed by atoms with Crippen molar-refractivity contribution in [3.8, 4) is 5.75 Å². The molecule has 0 spiro atoms. The third kappa shape index (κ3) is 7.35. The summed E-state index contributed by atoms with van der Waals surface area (Å²) in [5.41, 5.74) is 4.79. The molecule has 1 atom stereocenters. The van der Waals surface area contributed by atoms with Gasteiger partial charge in [-0.15, -0.1) is 0 Å². The van der Waals surface area contributed by atoms with E-state index < -0.39 is 0 Å². The lowest BCUT2D eigenvalue weighted by atomic mass is 9.89. The topological polar surface area (TPSA) is 70.7 Å². The molecule has 0 bridgehead atoms. The van der Waals surface area contributed by atoms with E-state index in [1.165, 1.54) is 5.56 Å². The SMILES string of the molecule is CCc1ccc(NC(=O)N2CCC[C@H](c3cccc(C(=O)NCc4ccc(OC(C)C)cc4)c3)C2)cc1. The molecule has 0 saturated carbocycles. The third-order valence-electron chi connectivity index (χ3n) is 6.69. The van der Waals surface area contributed by atoms with Crippen molar-refractivity contribution in [2.45, 2.75) is 58.6 Å². The Morgan fingerprint density at radius 1 is 1.00 bits per heavy atom. The van der Waals surface area contributed by atoms with Crippen LogP contribution in [0.1, 0.15) is 66.6 Å². The van der Waals surface area contributed by atoms with Crippen LogP contribution in [-0.4, -0.2) is 36.0 Å². The molecule has 3 aromatic rings. The minimum absolute atomic E-state index is 0.0762. The number of nitrogens with zero attached hydrogens (tertiary/aromatic N) is 1. The van der Waals surface area contributed by atoms with Gasteiger partial charge in [-0.3, -0.25) is 4.79 Å². The Kier molecular flexibility index (Phi) is 8.83. The van der Waals surface area contributed by atoms with Crippen LogP contribution in [0.2, 0.25) is 0 Å². The molecule has 6 heteroatoms. The fourth-order valence-electron chi connectivity index (χ4n) is 4.64. The predicted molar refractivity (Wildman–Crippen MR) is 148 cm³/mol. The Morgan fingerprint density at radius 3 is 2.43 bits per heavy atom. The molecule has 0 radical (unpaired) electrons. The molecule has 1 aliphatic rings. The van der Waals surface area contributed by atoms with Gasteiger partial charge >= 0.3 is 6.03 Å². The van der Waals surface area contributed by atoms with Gasteiger partial charge in [0.1, 0.15) is 5.75 Å². The van der Waals surface area contributed by atoms with Gasteiger partial charge in [0.25, 0.3) is 5.91 Å². The second kappa shape index (κ2) is 12.4. The lowest BCUT2D eigenvalue weighted by Crippen LogP contribution is -2.41. The van der Waals surface area contributed by atoms with Crippen molar-refractivity contribution >= 4 is 17.6 Å². The number of anilines is 1. The molecule has 37 heavy (non-hydrogen) atoms. The Morgan fingerprint density at radius 2 is 1.73 bits per heavy atom. The van der Waals surface area contributed by atoms with Crippen LogP contribution in [0.15, 0.2) is 72.8 Å².